The summed E-state index contributed by atoms with van der Waals surface area (Å²) in [6, 6.07) is 11.0. The molecule has 0 fully saturated rings. The molecule has 3 N–H and O–H groups in total. The Bertz CT molecular complexity index is 796. The lowest BCUT2D eigenvalue weighted by molar-refractivity contribution is -0.122. The van der Waals surface area contributed by atoms with Gasteiger partial charge in [-0.1, -0.05) is 33.6 Å². The number of benzene rings is 2. The average molecular weight is 425 g/mol. The number of amides is 2. The van der Waals surface area contributed by atoms with E-state index in [2.05, 4.69) is 31.9 Å². The van der Waals surface area contributed by atoms with Crippen LogP contribution in [0.5, 0.6) is 0 Å². The summed E-state index contributed by atoms with van der Waals surface area (Å²) in [5.74, 6) is -0.572. The number of aryl methyl sites for hydroxylation is 1. The van der Waals surface area contributed by atoms with Crippen LogP contribution in [0.4, 0.5) is 11.4 Å². The Labute approximate surface area is 160 Å². The lowest BCUT2D eigenvalue weighted by Gasteiger charge is -2.11. The summed E-state index contributed by atoms with van der Waals surface area (Å²) in [7, 11) is 0. The molecule has 132 valence electrons. The van der Waals surface area contributed by atoms with Crippen LogP contribution in [0, 0.1) is 13.8 Å². The van der Waals surface area contributed by atoms with E-state index in [1.807, 2.05) is 32.0 Å². The quantitative estimate of drug-likeness (QED) is 0.659. The maximum Gasteiger partial charge on any atom is 0.243 e. The molecule has 0 spiro atoms. The number of nitrogens with one attached hydrogen (secondary N) is 3. The van der Waals surface area contributed by atoms with Gasteiger partial charge in [0.25, 0.3) is 0 Å². The van der Waals surface area contributed by atoms with Crippen molar-refractivity contribution < 1.29 is 9.59 Å². The van der Waals surface area contributed by atoms with E-state index >= 15 is 0 Å². The number of halogens is 2. The summed E-state index contributed by atoms with van der Waals surface area (Å²) in [4.78, 5) is 23.8. The molecule has 0 aliphatic carbocycles. The molecule has 2 amide bonds. The van der Waals surface area contributed by atoms with Crippen LogP contribution in [0.1, 0.15) is 11.1 Å². The van der Waals surface area contributed by atoms with Crippen molar-refractivity contribution >= 4 is 50.7 Å². The molecule has 0 heterocycles. The van der Waals surface area contributed by atoms with Gasteiger partial charge in [-0.15, -0.1) is 0 Å². The molecule has 7 heteroatoms. The zero-order valence-electron chi connectivity index (χ0n) is 14.0. The maximum absolute atomic E-state index is 11.9. The Kier molecular flexibility index (Phi) is 6.84. The van der Waals surface area contributed by atoms with Crippen molar-refractivity contribution in [2.24, 2.45) is 0 Å². The van der Waals surface area contributed by atoms with E-state index in [-0.39, 0.29) is 24.9 Å². The van der Waals surface area contributed by atoms with Crippen molar-refractivity contribution in [2.45, 2.75) is 13.8 Å². The summed E-state index contributed by atoms with van der Waals surface area (Å²) < 4.78 is 1.01. The van der Waals surface area contributed by atoms with Crippen molar-refractivity contribution in [3.8, 4) is 0 Å². The lowest BCUT2D eigenvalue weighted by atomic mass is 10.2. The van der Waals surface area contributed by atoms with Crippen LogP contribution >= 0.6 is 27.5 Å². The molecule has 0 saturated carbocycles. The summed E-state index contributed by atoms with van der Waals surface area (Å²) in [5, 5.41) is 8.91. The van der Waals surface area contributed by atoms with Crippen molar-refractivity contribution in [2.75, 3.05) is 23.7 Å². The SMILES string of the molecule is Cc1cc(NCC(=O)NCC(=O)Nc2cccc(Cl)c2C)ccc1Br. The average Bonchev–Trinajstić information content (AvgIpc) is 2.58. The number of hydrogen-bond donors (Lipinski definition) is 3. The van der Waals surface area contributed by atoms with Gasteiger partial charge in [0.15, 0.2) is 0 Å². The molecule has 2 aromatic carbocycles. The molecule has 2 aromatic rings. The molecule has 5 nitrogen and oxygen atoms in total. The van der Waals surface area contributed by atoms with Gasteiger partial charge >= 0.3 is 0 Å². The van der Waals surface area contributed by atoms with Crippen LogP contribution < -0.4 is 16.0 Å². The first-order valence-corrected chi connectivity index (χ1v) is 8.85. The van der Waals surface area contributed by atoms with Gasteiger partial charge in [0, 0.05) is 20.9 Å². The molecule has 0 bridgehead atoms. The highest BCUT2D eigenvalue weighted by Gasteiger charge is 2.09. The third-order valence-corrected chi connectivity index (χ3v) is 4.90. The van der Waals surface area contributed by atoms with Crippen molar-refractivity contribution in [1.29, 1.82) is 0 Å². The molecule has 0 aliphatic heterocycles. The van der Waals surface area contributed by atoms with Crippen LogP contribution in [0.2, 0.25) is 5.02 Å². The first-order valence-electron chi connectivity index (χ1n) is 7.68. The first-order chi connectivity index (χ1) is 11.9. The number of hydrogen-bond acceptors (Lipinski definition) is 3. The summed E-state index contributed by atoms with van der Waals surface area (Å²) >= 11 is 9.44. The third kappa shape index (κ3) is 5.76. The fourth-order valence-electron chi connectivity index (χ4n) is 2.12. The molecule has 2 rings (SSSR count). The van der Waals surface area contributed by atoms with Gasteiger partial charge in [-0.2, -0.15) is 0 Å². The van der Waals surface area contributed by atoms with Crippen LogP contribution in [0.25, 0.3) is 0 Å². The minimum atomic E-state index is -0.307. The monoisotopic (exact) mass is 423 g/mol. The van der Waals surface area contributed by atoms with Gasteiger partial charge in [-0.3, -0.25) is 9.59 Å². The van der Waals surface area contributed by atoms with Crippen LogP contribution in [-0.2, 0) is 9.59 Å². The molecular weight excluding hydrogens is 406 g/mol. The number of rotatable bonds is 6. The Morgan fingerprint density at radius 2 is 1.84 bits per heavy atom. The first kappa shape index (κ1) is 19.3. The Hall–Kier alpha value is -2.05. The zero-order valence-corrected chi connectivity index (χ0v) is 16.3. The maximum atomic E-state index is 11.9. The van der Waals surface area contributed by atoms with Gasteiger partial charge in [0.1, 0.15) is 0 Å². The van der Waals surface area contributed by atoms with Gasteiger partial charge in [-0.25, -0.2) is 0 Å². The van der Waals surface area contributed by atoms with Crippen molar-refractivity contribution in [1.82, 2.24) is 5.32 Å². The van der Waals surface area contributed by atoms with E-state index in [1.54, 1.807) is 18.2 Å². The molecule has 0 atom stereocenters. The van der Waals surface area contributed by atoms with Gasteiger partial charge in [-0.05, 0) is 55.3 Å². The predicted molar refractivity (Wildman–Crippen MR) is 105 cm³/mol. The third-order valence-electron chi connectivity index (χ3n) is 3.60. The molecule has 0 aliphatic rings. The summed E-state index contributed by atoms with van der Waals surface area (Å²) in [6.45, 7) is 3.77. The zero-order chi connectivity index (χ0) is 18.4. The number of anilines is 2. The van der Waals surface area contributed by atoms with Crippen LogP contribution in [0.15, 0.2) is 40.9 Å². The second-order valence-corrected chi connectivity index (χ2v) is 6.82. The Morgan fingerprint density at radius 1 is 1.08 bits per heavy atom. The molecule has 0 aromatic heterocycles. The lowest BCUT2D eigenvalue weighted by Crippen LogP contribution is -2.36. The Balaban J connectivity index is 1.78. The second-order valence-electron chi connectivity index (χ2n) is 5.55. The highest BCUT2D eigenvalue weighted by atomic mass is 79.9. The van der Waals surface area contributed by atoms with E-state index in [0.29, 0.717) is 10.7 Å². The molecule has 0 unspecified atom stereocenters. The van der Waals surface area contributed by atoms with Gasteiger partial charge in [0.2, 0.25) is 11.8 Å². The minimum absolute atomic E-state index is 0.0878. The van der Waals surface area contributed by atoms with E-state index in [1.165, 1.54) is 0 Å². The number of carbonyl (C=O) groups is 2. The minimum Gasteiger partial charge on any atom is -0.376 e. The Morgan fingerprint density at radius 3 is 2.56 bits per heavy atom. The fraction of sp³-hybridized carbons (Fsp3) is 0.222. The largest absolute Gasteiger partial charge is 0.376 e. The molecule has 0 radical (unpaired) electrons. The standard InChI is InChI=1S/C18H19BrClN3O2/c1-11-8-13(6-7-14(11)19)21-9-17(24)22-10-18(25)23-16-5-3-4-15(20)12(16)2/h3-8,21H,9-10H2,1-2H3,(H,22,24)(H,23,25). The van der Waals surface area contributed by atoms with E-state index < -0.39 is 0 Å². The van der Waals surface area contributed by atoms with Gasteiger partial charge < -0.3 is 16.0 Å². The molecular formula is C18H19BrClN3O2. The highest BCUT2D eigenvalue weighted by Crippen LogP contribution is 2.22. The summed E-state index contributed by atoms with van der Waals surface area (Å²) in [6.07, 6.45) is 0. The van der Waals surface area contributed by atoms with Crippen LogP contribution in [0.3, 0.4) is 0 Å². The smallest absolute Gasteiger partial charge is 0.243 e. The van der Waals surface area contributed by atoms with Gasteiger partial charge in [0.05, 0.1) is 13.1 Å². The van der Waals surface area contributed by atoms with E-state index in [9.17, 15) is 9.59 Å². The summed E-state index contributed by atoms with van der Waals surface area (Å²) in [5.41, 5.74) is 3.34. The topological polar surface area (TPSA) is 70.2 Å². The normalized spacial score (nSPS) is 10.2. The molecule has 0 saturated heterocycles. The highest BCUT2D eigenvalue weighted by molar-refractivity contribution is 9.10. The van der Waals surface area contributed by atoms with Crippen molar-refractivity contribution in [3.63, 3.8) is 0 Å². The van der Waals surface area contributed by atoms with E-state index in [0.717, 1.165) is 21.3 Å². The molecule has 25 heavy (non-hydrogen) atoms. The second kappa shape index (κ2) is 8.87. The van der Waals surface area contributed by atoms with Crippen molar-refractivity contribution in [3.05, 3.63) is 57.0 Å². The number of carbonyl (C=O) groups excluding carboxylic acids is 2. The van der Waals surface area contributed by atoms with Crippen LogP contribution in [-0.4, -0.2) is 24.9 Å². The fourth-order valence-corrected chi connectivity index (χ4v) is 2.54. The predicted octanol–water partition coefficient (Wildman–Crippen LogP) is 3.89. The van der Waals surface area contributed by atoms with E-state index in [4.69, 9.17) is 11.6 Å².